The van der Waals surface area contributed by atoms with Gasteiger partial charge in [0.05, 0.1) is 10.5 Å². The van der Waals surface area contributed by atoms with Crippen LogP contribution in [0.3, 0.4) is 0 Å². The Balaban J connectivity index is 3.56. The summed E-state index contributed by atoms with van der Waals surface area (Å²) in [6, 6.07) is 3.49. The Morgan fingerprint density at radius 3 is 2.40 bits per heavy atom. The molecule has 0 radical (unpaired) electrons. The van der Waals surface area contributed by atoms with Crippen LogP contribution in [0.25, 0.3) is 0 Å². The van der Waals surface area contributed by atoms with Gasteiger partial charge in [-0.2, -0.15) is 0 Å². The molecule has 0 fully saturated rings. The van der Waals surface area contributed by atoms with Gasteiger partial charge in [-0.3, -0.25) is 14.9 Å². The van der Waals surface area contributed by atoms with E-state index >= 15 is 0 Å². The molecule has 6 heteroatoms. The molecule has 6 nitrogen and oxygen atoms in total. The molecular formula is C9H7NO5. The first-order valence-corrected chi connectivity index (χ1v) is 3.96. The summed E-state index contributed by atoms with van der Waals surface area (Å²) in [6.45, 7) is 1.09. The van der Waals surface area contributed by atoms with Crippen molar-refractivity contribution >= 4 is 17.4 Å². The number of nitro groups is 1. The molecule has 1 rings (SSSR count). The van der Waals surface area contributed by atoms with Crippen LogP contribution < -0.4 is 0 Å². The highest BCUT2D eigenvalue weighted by atomic mass is 16.6. The van der Waals surface area contributed by atoms with Crippen molar-refractivity contribution in [3.8, 4) is 0 Å². The van der Waals surface area contributed by atoms with Gasteiger partial charge in [-0.1, -0.05) is 6.07 Å². The fourth-order valence-corrected chi connectivity index (χ4v) is 1.24. The molecule has 0 heterocycles. The zero-order valence-corrected chi connectivity index (χ0v) is 7.76. The molecule has 0 aliphatic heterocycles. The smallest absolute Gasteiger partial charge is 0.336 e. The molecule has 0 saturated heterocycles. The van der Waals surface area contributed by atoms with Crippen molar-refractivity contribution in [2.45, 2.75) is 6.92 Å². The minimum absolute atomic E-state index is 0.350. The first kappa shape index (κ1) is 10.8. The average Bonchev–Trinajstić information content (AvgIpc) is 2.16. The maximum absolute atomic E-state index is 11.1. The Labute approximate surface area is 84.3 Å². The molecule has 1 N–H and O–H groups in total. The van der Waals surface area contributed by atoms with Crippen molar-refractivity contribution in [1.82, 2.24) is 0 Å². The van der Waals surface area contributed by atoms with Crippen LogP contribution in [-0.2, 0) is 0 Å². The van der Waals surface area contributed by atoms with Crippen molar-refractivity contribution in [1.29, 1.82) is 0 Å². The summed E-state index contributed by atoms with van der Waals surface area (Å²) in [7, 11) is 0. The molecule has 0 spiro atoms. The quantitative estimate of drug-likeness (QED) is 0.462. The molecule has 0 aromatic heterocycles. The first-order valence-electron chi connectivity index (χ1n) is 3.96. The third-order valence-electron chi connectivity index (χ3n) is 1.82. The third-order valence-corrected chi connectivity index (χ3v) is 1.82. The zero-order chi connectivity index (χ0) is 11.6. The van der Waals surface area contributed by atoms with Crippen molar-refractivity contribution < 1.29 is 19.6 Å². The second kappa shape index (κ2) is 3.87. The summed E-state index contributed by atoms with van der Waals surface area (Å²) in [5, 5.41) is 19.3. The topological polar surface area (TPSA) is 97.5 Å². The molecule has 0 unspecified atom stereocenters. The molecule has 0 aliphatic carbocycles. The van der Waals surface area contributed by atoms with Crippen LogP contribution in [0, 0.1) is 10.1 Å². The molecule has 1 aromatic rings. The molecule has 1 aromatic carbocycles. The first-order chi connectivity index (χ1) is 6.95. The fourth-order valence-electron chi connectivity index (χ4n) is 1.24. The van der Waals surface area contributed by atoms with Crippen molar-refractivity contribution in [2.24, 2.45) is 0 Å². The van der Waals surface area contributed by atoms with Gasteiger partial charge in [-0.15, -0.1) is 0 Å². The minimum Gasteiger partial charge on any atom is -0.478 e. The summed E-state index contributed by atoms with van der Waals surface area (Å²) in [4.78, 5) is 31.6. The Bertz CT molecular complexity index is 420. The van der Waals surface area contributed by atoms with Crippen LogP contribution in [0.4, 0.5) is 5.69 Å². The highest BCUT2D eigenvalue weighted by Gasteiger charge is 2.24. The zero-order valence-electron chi connectivity index (χ0n) is 7.76. The highest BCUT2D eigenvalue weighted by molar-refractivity contribution is 6.07. The number of carbonyl (C=O) groups excluding carboxylic acids is 1. The summed E-state index contributed by atoms with van der Waals surface area (Å²) < 4.78 is 0. The van der Waals surface area contributed by atoms with Gasteiger partial charge >= 0.3 is 5.97 Å². The lowest BCUT2D eigenvalue weighted by molar-refractivity contribution is -0.385. The van der Waals surface area contributed by atoms with Crippen LogP contribution in [-0.4, -0.2) is 21.8 Å². The molecule has 15 heavy (non-hydrogen) atoms. The Morgan fingerprint density at radius 1 is 1.40 bits per heavy atom. The number of carbonyl (C=O) groups is 2. The maximum Gasteiger partial charge on any atom is 0.336 e. The van der Waals surface area contributed by atoms with E-state index < -0.39 is 22.4 Å². The Hall–Kier alpha value is -2.24. The van der Waals surface area contributed by atoms with Gasteiger partial charge < -0.3 is 5.11 Å². The predicted molar refractivity (Wildman–Crippen MR) is 50.1 cm³/mol. The van der Waals surface area contributed by atoms with Crippen LogP contribution >= 0.6 is 0 Å². The number of Topliss-reactive ketones (excluding diaryl/α,β-unsaturated/α-hetero) is 1. The standard InChI is InChI=1S/C9H7NO5/c1-5(11)8-6(9(12)13)3-2-4-7(8)10(14)15/h2-4H,1H3,(H,12,13). The van der Waals surface area contributed by atoms with Gasteiger partial charge in [0.25, 0.3) is 5.69 Å². The second-order valence-electron chi connectivity index (χ2n) is 2.82. The lowest BCUT2D eigenvalue weighted by Crippen LogP contribution is -2.09. The third kappa shape index (κ3) is 1.98. The number of rotatable bonds is 3. The summed E-state index contributed by atoms with van der Waals surface area (Å²) >= 11 is 0. The van der Waals surface area contributed by atoms with Gasteiger partial charge in [0.15, 0.2) is 5.78 Å². The number of hydrogen-bond acceptors (Lipinski definition) is 4. The van der Waals surface area contributed by atoms with E-state index in [9.17, 15) is 19.7 Å². The number of nitrogens with zero attached hydrogens (tertiary/aromatic N) is 1. The SMILES string of the molecule is CC(=O)c1c(C(=O)O)cccc1[N+](=O)[O-]. The normalized spacial score (nSPS) is 9.67. The second-order valence-corrected chi connectivity index (χ2v) is 2.82. The minimum atomic E-state index is -1.36. The van der Waals surface area contributed by atoms with Gasteiger partial charge in [-0.25, -0.2) is 4.79 Å². The van der Waals surface area contributed by atoms with Crippen molar-refractivity contribution in [3.63, 3.8) is 0 Å². The summed E-state index contributed by atoms with van der Waals surface area (Å²) in [5.41, 5.74) is -1.20. The van der Waals surface area contributed by atoms with E-state index in [1.807, 2.05) is 0 Å². The van der Waals surface area contributed by atoms with E-state index in [2.05, 4.69) is 0 Å². The number of hydrogen-bond donors (Lipinski definition) is 1. The molecular weight excluding hydrogens is 202 g/mol. The van der Waals surface area contributed by atoms with Gasteiger partial charge in [0.1, 0.15) is 5.56 Å². The lowest BCUT2D eigenvalue weighted by atomic mass is 10.0. The average molecular weight is 209 g/mol. The van der Waals surface area contributed by atoms with Crippen LogP contribution in [0.15, 0.2) is 18.2 Å². The van der Waals surface area contributed by atoms with Gasteiger partial charge in [0.2, 0.25) is 0 Å². The summed E-state index contributed by atoms with van der Waals surface area (Å²) in [6.07, 6.45) is 0. The number of benzene rings is 1. The number of ketones is 1. The lowest BCUT2D eigenvalue weighted by Gasteiger charge is -2.02. The monoisotopic (exact) mass is 209 g/mol. The Kier molecular flexibility index (Phi) is 2.80. The van der Waals surface area contributed by atoms with E-state index in [-0.39, 0.29) is 11.1 Å². The summed E-state index contributed by atoms with van der Waals surface area (Å²) in [5.74, 6) is -2.00. The fraction of sp³-hybridized carbons (Fsp3) is 0.111. The Morgan fingerprint density at radius 2 is 2.00 bits per heavy atom. The van der Waals surface area contributed by atoms with Crippen LogP contribution in [0.1, 0.15) is 27.6 Å². The maximum atomic E-state index is 11.1. The van der Waals surface area contributed by atoms with E-state index in [1.54, 1.807) is 0 Å². The highest BCUT2D eigenvalue weighted by Crippen LogP contribution is 2.22. The van der Waals surface area contributed by atoms with Crippen LogP contribution in [0.2, 0.25) is 0 Å². The van der Waals surface area contributed by atoms with E-state index in [4.69, 9.17) is 5.11 Å². The molecule has 0 bridgehead atoms. The van der Waals surface area contributed by atoms with Gasteiger partial charge in [-0.05, 0) is 13.0 Å². The number of carboxylic acid groups (broad SMARTS) is 1. The molecule has 0 saturated carbocycles. The van der Waals surface area contributed by atoms with E-state index in [0.717, 1.165) is 19.1 Å². The number of aromatic carboxylic acids is 1. The molecule has 0 amide bonds. The van der Waals surface area contributed by atoms with E-state index in [0.29, 0.717) is 0 Å². The van der Waals surface area contributed by atoms with E-state index in [1.165, 1.54) is 6.07 Å². The number of nitro benzene ring substituents is 1. The van der Waals surface area contributed by atoms with Gasteiger partial charge in [0, 0.05) is 6.07 Å². The number of carboxylic acids is 1. The largest absolute Gasteiger partial charge is 0.478 e. The van der Waals surface area contributed by atoms with Crippen molar-refractivity contribution in [3.05, 3.63) is 39.4 Å². The molecule has 78 valence electrons. The molecule has 0 aliphatic rings. The van der Waals surface area contributed by atoms with Crippen molar-refractivity contribution in [2.75, 3.05) is 0 Å². The predicted octanol–water partition coefficient (Wildman–Crippen LogP) is 1.50. The van der Waals surface area contributed by atoms with Crippen LogP contribution in [0.5, 0.6) is 0 Å². The molecule has 0 atom stereocenters.